The van der Waals surface area contributed by atoms with Crippen LogP contribution in [0.3, 0.4) is 0 Å². The third-order valence-corrected chi connectivity index (χ3v) is 4.71. The van der Waals surface area contributed by atoms with Gasteiger partial charge in [0.2, 0.25) is 0 Å². The Labute approximate surface area is 128 Å². The van der Waals surface area contributed by atoms with Gasteiger partial charge >= 0.3 is 0 Å². The van der Waals surface area contributed by atoms with Crippen LogP contribution in [-0.2, 0) is 4.79 Å². The van der Waals surface area contributed by atoms with Gasteiger partial charge in [0.05, 0.1) is 0 Å². The highest BCUT2D eigenvalue weighted by Gasteiger charge is 2.32. The van der Waals surface area contributed by atoms with E-state index in [0.717, 1.165) is 18.3 Å². The minimum atomic E-state index is 0.366. The van der Waals surface area contributed by atoms with E-state index < -0.39 is 0 Å². The molecule has 0 N–H and O–H groups in total. The summed E-state index contributed by atoms with van der Waals surface area (Å²) in [4.78, 5) is 10.4. The molecule has 112 valence electrons. The van der Waals surface area contributed by atoms with E-state index in [9.17, 15) is 4.79 Å². The first-order chi connectivity index (χ1) is 9.94. The van der Waals surface area contributed by atoms with Crippen molar-refractivity contribution in [2.45, 2.75) is 53.4 Å². The minimum Gasteiger partial charge on any atom is -0.299 e. The summed E-state index contributed by atoms with van der Waals surface area (Å²) in [6.07, 6.45) is 16.0. The number of hydrogen-bond donors (Lipinski definition) is 0. The molecule has 21 heavy (non-hydrogen) atoms. The van der Waals surface area contributed by atoms with E-state index in [4.69, 9.17) is 0 Å². The lowest BCUT2D eigenvalue weighted by molar-refractivity contribution is -0.104. The van der Waals surface area contributed by atoms with E-state index in [0.29, 0.717) is 5.41 Å². The Morgan fingerprint density at radius 3 is 2.67 bits per heavy atom. The summed E-state index contributed by atoms with van der Waals surface area (Å²) in [6, 6.07) is 0. The third kappa shape index (κ3) is 3.72. The molecule has 0 aromatic carbocycles. The zero-order valence-corrected chi connectivity index (χ0v) is 13.7. The molecule has 0 atom stereocenters. The summed E-state index contributed by atoms with van der Waals surface area (Å²) in [5.74, 6) is 0. The molecule has 0 aromatic heterocycles. The fraction of sp³-hybridized carbons (Fsp3) is 0.450. The molecule has 0 bridgehead atoms. The van der Waals surface area contributed by atoms with Gasteiger partial charge in [-0.15, -0.1) is 0 Å². The Morgan fingerprint density at radius 1 is 1.24 bits per heavy atom. The number of aldehydes is 1. The highest BCUT2D eigenvalue weighted by Crippen LogP contribution is 2.48. The maximum atomic E-state index is 10.4. The average Bonchev–Trinajstić information content (AvgIpc) is 2.84. The number of rotatable bonds is 4. The highest BCUT2D eigenvalue weighted by molar-refractivity contribution is 5.67. The van der Waals surface area contributed by atoms with E-state index in [1.807, 2.05) is 19.1 Å². The number of carbonyl (C=O) groups excluding carboxylic acids is 1. The fourth-order valence-electron chi connectivity index (χ4n) is 3.29. The van der Waals surface area contributed by atoms with Gasteiger partial charge in [0.15, 0.2) is 0 Å². The van der Waals surface area contributed by atoms with Crippen LogP contribution in [0.4, 0.5) is 0 Å². The third-order valence-electron chi connectivity index (χ3n) is 4.71. The van der Waals surface area contributed by atoms with Crippen molar-refractivity contribution in [3.05, 3.63) is 58.2 Å². The van der Waals surface area contributed by atoms with E-state index in [1.54, 1.807) is 17.2 Å². The molecule has 2 aliphatic carbocycles. The molecule has 0 unspecified atom stereocenters. The molecule has 2 rings (SSSR count). The number of hydrogen-bond acceptors (Lipinski definition) is 1. The Balaban J connectivity index is 2.08. The van der Waals surface area contributed by atoms with Gasteiger partial charge in [-0.3, -0.25) is 4.79 Å². The smallest absolute Gasteiger partial charge is 0.143 e. The molecule has 0 spiro atoms. The summed E-state index contributed by atoms with van der Waals surface area (Å²) in [6.45, 7) is 8.88. The van der Waals surface area contributed by atoms with Crippen molar-refractivity contribution in [3.8, 4) is 0 Å². The van der Waals surface area contributed by atoms with Crippen LogP contribution in [0.2, 0.25) is 0 Å². The van der Waals surface area contributed by atoms with Crippen molar-refractivity contribution in [1.82, 2.24) is 0 Å². The standard InChI is InChI=1S/C20H26O/c1-15(10-12-21)7-5-8-16(2)18-13-17-9-6-11-20(3,4)19(17)14-18/h5,7-8,10,12-13H,6,9,11,14H2,1-4H3/b7-5+,15-10+,16-8-. The largest absolute Gasteiger partial charge is 0.299 e. The summed E-state index contributed by atoms with van der Waals surface area (Å²) in [7, 11) is 0. The van der Waals surface area contributed by atoms with Crippen LogP contribution < -0.4 is 0 Å². The molecule has 0 saturated heterocycles. The SMILES string of the molecule is C/C(=C/C=C/C(C)=C/C=O)C1=CC2=C(C1)C(C)(C)CCC2. The van der Waals surface area contributed by atoms with Crippen molar-refractivity contribution >= 4 is 6.29 Å². The fourth-order valence-corrected chi connectivity index (χ4v) is 3.29. The summed E-state index contributed by atoms with van der Waals surface area (Å²) < 4.78 is 0. The molecule has 0 saturated carbocycles. The molecule has 0 amide bonds. The molecule has 0 fully saturated rings. The number of carbonyl (C=O) groups is 1. The summed E-state index contributed by atoms with van der Waals surface area (Å²) in [5.41, 5.74) is 7.36. The molecule has 1 heteroatoms. The predicted molar refractivity (Wildman–Crippen MR) is 90.1 cm³/mol. The Morgan fingerprint density at radius 2 is 2.00 bits per heavy atom. The molecule has 0 aliphatic heterocycles. The van der Waals surface area contributed by atoms with Gasteiger partial charge in [-0.05, 0) is 73.3 Å². The molecule has 0 aromatic rings. The van der Waals surface area contributed by atoms with Crippen LogP contribution in [0.5, 0.6) is 0 Å². The maximum absolute atomic E-state index is 10.4. The average molecular weight is 282 g/mol. The van der Waals surface area contributed by atoms with E-state index in [2.05, 4.69) is 32.9 Å². The molecule has 2 aliphatic rings. The molecule has 0 radical (unpaired) electrons. The highest BCUT2D eigenvalue weighted by atomic mass is 16.1. The van der Waals surface area contributed by atoms with E-state index >= 15 is 0 Å². The first-order valence-corrected chi connectivity index (χ1v) is 7.84. The molecule has 0 heterocycles. The van der Waals surface area contributed by atoms with Crippen LogP contribution in [0.15, 0.2) is 58.2 Å². The normalized spacial score (nSPS) is 22.6. The second-order valence-electron chi connectivity index (χ2n) is 6.84. The molecular formula is C20H26O. The van der Waals surface area contributed by atoms with Gasteiger partial charge in [0.25, 0.3) is 0 Å². The molecular weight excluding hydrogens is 256 g/mol. The van der Waals surface area contributed by atoms with Crippen molar-refractivity contribution < 1.29 is 4.79 Å². The van der Waals surface area contributed by atoms with Gasteiger partial charge in [-0.25, -0.2) is 0 Å². The second-order valence-corrected chi connectivity index (χ2v) is 6.84. The first kappa shape index (κ1) is 15.8. The van der Waals surface area contributed by atoms with Gasteiger partial charge in [-0.2, -0.15) is 0 Å². The van der Waals surface area contributed by atoms with Crippen LogP contribution >= 0.6 is 0 Å². The van der Waals surface area contributed by atoms with E-state index in [1.165, 1.54) is 30.4 Å². The van der Waals surface area contributed by atoms with Crippen molar-refractivity contribution in [2.75, 3.05) is 0 Å². The van der Waals surface area contributed by atoms with Crippen LogP contribution in [0.1, 0.15) is 53.4 Å². The van der Waals surface area contributed by atoms with Crippen LogP contribution in [0, 0.1) is 5.41 Å². The quantitative estimate of drug-likeness (QED) is 0.379. The lowest BCUT2D eigenvalue weighted by atomic mass is 9.73. The van der Waals surface area contributed by atoms with Gasteiger partial charge < -0.3 is 0 Å². The zero-order chi connectivity index (χ0) is 15.5. The summed E-state index contributed by atoms with van der Waals surface area (Å²) in [5, 5.41) is 0. The maximum Gasteiger partial charge on any atom is 0.143 e. The molecule has 1 nitrogen and oxygen atoms in total. The zero-order valence-electron chi connectivity index (χ0n) is 13.7. The van der Waals surface area contributed by atoms with Crippen LogP contribution in [-0.4, -0.2) is 6.29 Å². The summed E-state index contributed by atoms with van der Waals surface area (Å²) >= 11 is 0. The van der Waals surface area contributed by atoms with Crippen molar-refractivity contribution in [3.63, 3.8) is 0 Å². The predicted octanol–water partition coefficient (Wildman–Crippen LogP) is 5.47. The van der Waals surface area contributed by atoms with Gasteiger partial charge in [0, 0.05) is 0 Å². The van der Waals surface area contributed by atoms with Crippen molar-refractivity contribution in [1.29, 1.82) is 0 Å². The second kappa shape index (κ2) is 6.43. The lowest BCUT2D eigenvalue weighted by Gasteiger charge is -2.32. The topological polar surface area (TPSA) is 17.1 Å². The van der Waals surface area contributed by atoms with Gasteiger partial charge in [0.1, 0.15) is 6.29 Å². The van der Waals surface area contributed by atoms with Crippen molar-refractivity contribution in [2.24, 2.45) is 5.41 Å². The monoisotopic (exact) mass is 282 g/mol. The first-order valence-electron chi connectivity index (χ1n) is 7.84. The lowest BCUT2D eigenvalue weighted by Crippen LogP contribution is -2.18. The number of allylic oxidation sites excluding steroid dienone is 10. The van der Waals surface area contributed by atoms with E-state index in [-0.39, 0.29) is 0 Å². The Bertz CT molecular complexity index is 577. The minimum absolute atomic E-state index is 0.366. The Kier molecular flexibility index (Phi) is 4.82. The van der Waals surface area contributed by atoms with Crippen LogP contribution in [0.25, 0.3) is 0 Å². The van der Waals surface area contributed by atoms with Gasteiger partial charge in [-0.1, -0.05) is 43.7 Å². The Hall–Kier alpha value is -1.63.